The lowest BCUT2D eigenvalue weighted by atomic mass is 10.0. The summed E-state index contributed by atoms with van der Waals surface area (Å²) in [4.78, 5) is 14.3. The van der Waals surface area contributed by atoms with E-state index in [1.54, 1.807) is 17.4 Å². The van der Waals surface area contributed by atoms with E-state index in [9.17, 15) is 4.79 Å². The van der Waals surface area contributed by atoms with Crippen LogP contribution in [0.4, 0.5) is 0 Å². The van der Waals surface area contributed by atoms with Crippen molar-refractivity contribution in [1.29, 1.82) is 0 Å². The van der Waals surface area contributed by atoms with E-state index >= 15 is 0 Å². The molecule has 1 fully saturated rings. The van der Waals surface area contributed by atoms with Gasteiger partial charge in [0.25, 0.3) is 0 Å². The van der Waals surface area contributed by atoms with Crippen LogP contribution >= 0.6 is 11.3 Å². The van der Waals surface area contributed by atoms with Gasteiger partial charge in [0.15, 0.2) is 0 Å². The summed E-state index contributed by atoms with van der Waals surface area (Å²) in [5, 5.41) is 10.7. The Morgan fingerprint density at radius 1 is 1.63 bits per heavy atom. The van der Waals surface area contributed by atoms with Crippen molar-refractivity contribution in [1.82, 2.24) is 4.90 Å². The molecule has 2 rings (SSSR count). The van der Waals surface area contributed by atoms with Gasteiger partial charge in [0.2, 0.25) is 0 Å². The summed E-state index contributed by atoms with van der Waals surface area (Å²) >= 11 is 1.72. The molecule has 1 saturated heterocycles. The second kappa shape index (κ2) is 6.87. The van der Waals surface area contributed by atoms with Gasteiger partial charge >= 0.3 is 5.97 Å². The third-order valence-corrected chi connectivity index (χ3v) is 4.54. The van der Waals surface area contributed by atoms with Gasteiger partial charge < -0.3 is 5.11 Å². The lowest BCUT2D eigenvalue weighted by Gasteiger charge is -2.15. The van der Waals surface area contributed by atoms with Crippen LogP contribution in [0.15, 0.2) is 17.5 Å². The molecule has 0 bridgehead atoms. The molecule has 4 heteroatoms. The number of nitrogens with zero attached hydrogens (tertiary/aromatic N) is 1. The molecular weight excluding hydrogens is 258 g/mol. The van der Waals surface area contributed by atoms with E-state index in [2.05, 4.69) is 11.8 Å². The highest BCUT2D eigenvalue weighted by Gasteiger charge is 2.22. The number of rotatable bonds is 6. The standard InChI is InChI=1S/C15H21NO2S/c1-2-3-12-6-8-16(10-12)11-14-13(7-9-19-14)4-5-15(17)18/h4-5,7,9,12H,2-3,6,8,10-11H2,1H3,(H,17,18)/b5-4+. The first-order chi connectivity index (χ1) is 9.19. The van der Waals surface area contributed by atoms with Crippen molar-refractivity contribution in [2.45, 2.75) is 32.7 Å². The molecular formula is C15H21NO2S. The molecule has 0 aliphatic carbocycles. The van der Waals surface area contributed by atoms with Gasteiger partial charge in [0, 0.05) is 24.0 Å². The lowest BCUT2D eigenvalue weighted by Crippen LogP contribution is -2.19. The maximum atomic E-state index is 10.6. The zero-order chi connectivity index (χ0) is 13.7. The summed E-state index contributed by atoms with van der Waals surface area (Å²) in [6.45, 7) is 5.56. The molecule has 2 heterocycles. The van der Waals surface area contributed by atoms with E-state index < -0.39 is 5.97 Å². The second-order valence-corrected chi connectivity index (χ2v) is 6.15. The Hall–Kier alpha value is -1.13. The van der Waals surface area contributed by atoms with Crippen LogP contribution < -0.4 is 0 Å². The molecule has 19 heavy (non-hydrogen) atoms. The minimum Gasteiger partial charge on any atom is -0.478 e. The molecule has 1 aliphatic rings. The number of likely N-dealkylation sites (tertiary alicyclic amines) is 1. The van der Waals surface area contributed by atoms with Gasteiger partial charge in [-0.3, -0.25) is 4.90 Å². The third kappa shape index (κ3) is 4.18. The first-order valence-electron chi connectivity index (χ1n) is 6.88. The second-order valence-electron chi connectivity index (χ2n) is 5.15. The van der Waals surface area contributed by atoms with Crippen molar-refractivity contribution >= 4 is 23.4 Å². The number of hydrogen-bond donors (Lipinski definition) is 1. The predicted octanol–water partition coefficient (Wildman–Crippen LogP) is 3.47. The summed E-state index contributed by atoms with van der Waals surface area (Å²) in [6.07, 6.45) is 6.82. The maximum absolute atomic E-state index is 10.6. The minimum atomic E-state index is -0.888. The van der Waals surface area contributed by atoms with E-state index in [0.717, 1.165) is 18.0 Å². The van der Waals surface area contributed by atoms with Crippen LogP contribution in [-0.2, 0) is 11.3 Å². The largest absolute Gasteiger partial charge is 0.478 e. The average molecular weight is 279 g/mol. The summed E-state index contributed by atoms with van der Waals surface area (Å²) in [5.41, 5.74) is 1.05. The average Bonchev–Trinajstić information content (AvgIpc) is 2.97. The van der Waals surface area contributed by atoms with Crippen LogP contribution in [0.25, 0.3) is 6.08 Å². The SMILES string of the molecule is CCCC1CCN(Cc2sccc2/C=C/C(=O)O)C1. The molecule has 1 aromatic heterocycles. The number of carbonyl (C=O) groups is 1. The van der Waals surface area contributed by atoms with E-state index in [1.165, 1.54) is 43.3 Å². The van der Waals surface area contributed by atoms with Crippen molar-refractivity contribution < 1.29 is 9.90 Å². The Bertz CT molecular complexity index is 453. The monoisotopic (exact) mass is 279 g/mol. The molecule has 1 aromatic rings. The molecule has 1 unspecified atom stereocenters. The predicted molar refractivity (Wildman–Crippen MR) is 79.3 cm³/mol. The van der Waals surface area contributed by atoms with Gasteiger partial charge in [-0.25, -0.2) is 4.79 Å². The molecule has 104 valence electrons. The van der Waals surface area contributed by atoms with Gasteiger partial charge in [0.05, 0.1) is 0 Å². The summed E-state index contributed by atoms with van der Waals surface area (Å²) < 4.78 is 0. The number of hydrogen-bond acceptors (Lipinski definition) is 3. The fourth-order valence-corrected chi connectivity index (χ4v) is 3.60. The molecule has 0 spiro atoms. The van der Waals surface area contributed by atoms with Gasteiger partial charge in [-0.15, -0.1) is 11.3 Å². The minimum absolute atomic E-state index is 0.850. The van der Waals surface area contributed by atoms with Gasteiger partial charge in [-0.2, -0.15) is 0 Å². The van der Waals surface area contributed by atoms with Gasteiger partial charge in [-0.05, 0) is 48.4 Å². The Kier molecular flexibility index (Phi) is 5.16. The highest BCUT2D eigenvalue weighted by molar-refractivity contribution is 7.10. The van der Waals surface area contributed by atoms with E-state index in [4.69, 9.17) is 5.11 Å². The van der Waals surface area contributed by atoms with Crippen molar-refractivity contribution in [2.24, 2.45) is 5.92 Å². The zero-order valence-electron chi connectivity index (χ0n) is 11.3. The fourth-order valence-electron chi connectivity index (χ4n) is 2.69. The van der Waals surface area contributed by atoms with E-state index in [0.29, 0.717) is 0 Å². The van der Waals surface area contributed by atoms with E-state index in [1.807, 2.05) is 11.4 Å². The van der Waals surface area contributed by atoms with Crippen LogP contribution in [0.3, 0.4) is 0 Å². The Morgan fingerprint density at radius 3 is 3.21 bits per heavy atom. The van der Waals surface area contributed by atoms with Crippen LogP contribution in [0.1, 0.15) is 36.6 Å². The third-order valence-electron chi connectivity index (χ3n) is 3.62. The highest BCUT2D eigenvalue weighted by atomic mass is 32.1. The highest BCUT2D eigenvalue weighted by Crippen LogP contribution is 2.26. The fraction of sp³-hybridized carbons (Fsp3) is 0.533. The number of carboxylic acid groups (broad SMARTS) is 1. The smallest absolute Gasteiger partial charge is 0.328 e. The zero-order valence-corrected chi connectivity index (χ0v) is 12.2. The molecule has 0 saturated carbocycles. The summed E-state index contributed by atoms with van der Waals surface area (Å²) in [5.74, 6) is -0.0377. The quantitative estimate of drug-likeness (QED) is 0.811. The van der Waals surface area contributed by atoms with Gasteiger partial charge in [0.1, 0.15) is 0 Å². The molecule has 3 nitrogen and oxygen atoms in total. The van der Waals surface area contributed by atoms with Crippen molar-refractivity contribution in [3.05, 3.63) is 28.0 Å². The number of aliphatic carboxylic acids is 1. The van der Waals surface area contributed by atoms with Crippen molar-refractivity contribution in [2.75, 3.05) is 13.1 Å². The first-order valence-corrected chi connectivity index (χ1v) is 7.76. The summed E-state index contributed by atoms with van der Waals surface area (Å²) in [6, 6.07) is 2.00. The van der Waals surface area contributed by atoms with Crippen molar-refractivity contribution in [3.8, 4) is 0 Å². The van der Waals surface area contributed by atoms with Crippen molar-refractivity contribution in [3.63, 3.8) is 0 Å². The normalized spacial score (nSPS) is 20.4. The van der Waals surface area contributed by atoms with Crippen LogP contribution in [-0.4, -0.2) is 29.1 Å². The topological polar surface area (TPSA) is 40.5 Å². The van der Waals surface area contributed by atoms with Crippen LogP contribution in [0.2, 0.25) is 0 Å². The van der Waals surface area contributed by atoms with E-state index in [-0.39, 0.29) is 0 Å². The Morgan fingerprint density at radius 2 is 2.47 bits per heavy atom. The molecule has 0 amide bonds. The summed E-state index contributed by atoms with van der Waals surface area (Å²) in [7, 11) is 0. The first kappa shape index (κ1) is 14.3. The van der Waals surface area contributed by atoms with Gasteiger partial charge in [-0.1, -0.05) is 13.3 Å². The molecule has 0 radical (unpaired) electrons. The molecule has 1 N–H and O–H groups in total. The Balaban J connectivity index is 1.93. The van der Waals surface area contributed by atoms with Crippen LogP contribution in [0.5, 0.6) is 0 Å². The molecule has 1 aliphatic heterocycles. The van der Waals surface area contributed by atoms with Crippen LogP contribution in [0, 0.1) is 5.92 Å². The maximum Gasteiger partial charge on any atom is 0.328 e. The molecule has 0 aromatic carbocycles. The molecule has 1 atom stereocenters. The Labute approximate surface area is 118 Å². The number of carboxylic acids is 1. The lowest BCUT2D eigenvalue weighted by molar-refractivity contribution is -0.131. The number of thiophene rings is 1.